The van der Waals surface area contributed by atoms with Gasteiger partial charge in [-0.25, -0.2) is 0 Å². The van der Waals surface area contributed by atoms with E-state index in [0.717, 1.165) is 6.42 Å². The van der Waals surface area contributed by atoms with Crippen molar-refractivity contribution in [3.63, 3.8) is 0 Å². The Labute approximate surface area is 87.4 Å². The zero-order valence-electron chi connectivity index (χ0n) is 10.1. The van der Waals surface area contributed by atoms with Gasteiger partial charge in [-0.2, -0.15) is 0 Å². The van der Waals surface area contributed by atoms with E-state index in [4.69, 9.17) is 5.73 Å². The highest BCUT2D eigenvalue weighted by molar-refractivity contribution is 5.82. The molecule has 0 aliphatic carbocycles. The van der Waals surface area contributed by atoms with E-state index >= 15 is 0 Å². The van der Waals surface area contributed by atoms with Crippen LogP contribution >= 0.6 is 0 Å². The molecule has 3 nitrogen and oxygen atoms in total. The Kier molecular flexibility index (Phi) is 5.13. The van der Waals surface area contributed by atoms with Crippen molar-refractivity contribution in [3.05, 3.63) is 0 Å². The number of rotatable bonds is 5. The maximum Gasteiger partial charge on any atom is 0.227 e. The number of hydrogen-bond acceptors (Lipinski definition) is 2. The van der Waals surface area contributed by atoms with Gasteiger partial charge in [-0.3, -0.25) is 4.79 Å². The lowest BCUT2D eigenvalue weighted by molar-refractivity contribution is -0.130. The van der Waals surface area contributed by atoms with Crippen LogP contribution in [0.3, 0.4) is 0 Å². The zero-order chi connectivity index (χ0) is 11.4. The Bertz CT molecular complexity index is 188. The highest BCUT2D eigenvalue weighted by Gasteiger charge is 2.27. The van der Waals surface area contributed by atoms with Crippen molar-refractivity contribution in [1.82, 2.24) is 5.32 Å². The lowest BCUT2D eigenvalue weighted by atomic mass is 9.91. The summed E-state index contributed by atoms with van der Waals surface area (Å²) in [7, 11) is 0. The van der Waals surface area contributed by atoms with Crippen molar-refractivity contribution >= 4 is 5.91 Å². The van der Waals surface area contributed by atoms with Crippen LogP contribution in [0.25, 0.3) is 0 Å². The molecule has 3 N–H and O–H groups in total. The van der Waals surface area contributed by atoms with Crippen molar-refractivity contribution in [2.45, 2.75) is 47.1 Å². The average molecular weight is 200 g/mol. The molecular formula is C11H24N2O. The minimum Gasteiger partial charge on any atom is -0.353 e. The van der Waals surface area contributed by atoms with Gasteiger partial charge in [-0.05, 0) is 26.2 Å². The van der Waals surface area contributed by atoms with Gasteiger partial charge in [0.25, 0.3) is 0 Å². The largest absolute Gasteiger partial charge is 0.353 e. The average Bonchev–Trinajstić information content (AvgIpc) is 2.12. The maximum absolute atomic E-state index is 11.8. The Morgan fingerprint density at radius 3 is 2.21 bits per heavy atom. The summed E-state index contributed by atoms with van der Waals surface area (Å²) in [5.74, 6) is 0.526. The van der Waals surface area contributed by atoms with Crippen LogP contribution in [0.2, 0.25) is 0 Å². The summed E-state index contributed by atoms with van der Waals surface area (Å²) in [6.07, 6.45) is 0.962. The van der Waals surface area contributed by atoms with E-state index in [1.807, 2.05) is 13.8 Å². The van der Waals surface area contributed by atoms with Crippen LogP contribution in [0.4, 0.5) is 0 Å². The summed E-state index contributed by atoms with van der Waals surface area (Å²) < 4.78 is 0. The zero-order valence-corrected chi connectivity index (χ0v) is 10.1. The fraction of sp³-hybridized carbons (Fsp3) is 0.909. The lowest BCUT2D eigenvalue weighted by Crippen LogP contribution is -2.47. The number of hydrogen-bond donors (Lipinski definition) is 2. The van der Waals surface area contributed by atoms with Crippen LogP contribution in [0.5, 0.6) is 0 Å². The topological polar surface area (TPSA) is 55.1 Å². The Morgan fingerprint density at radius 1 is 1.43 bits per heavy atom. The molecule has 0 aromatic carbocycles. The molecule has 1 atom stereocenters. The molecular weight excluding hydrogens is 176 g/mol. The van der Waals surface area contributed by atoms with Crippen LogP contribution in [0.15, 0.2) is 0 Å². The second kappa shape index (κ2) is 5.35. The van der Waals surface area contributed by atoms with Crippen molar-refractivity contribution < 1.29 is 4.79 Å². The smallest absolute Gasteiger partial charge is 0.227 e. The fourth-order valence-corrected chi connectivity index (χ4v) is 1.20. The summed E-state index contributed by atoms with van der Waals surface area (Å²) in [5, 5.41) is 3.04. The molecule has 0 radical (unpaired) electrons. The first-order valence-corrected chi connectivity index (χ1v) is 5.36. The minimum atomic E-state index is -0.456. The standard InChI is InChI=1S/C11H24N2O/c1-6-9(8(2)3)13-10(14)11(4,5)7-12/h8-9H,6-7,12H2,1-5H3,(H,13,14). The number of nitrogens with two attached hydrogens (primary N) is 1. The normalized spacial score (nSPS) is 14.2. The summed E-state index contributed by atoms with van der Waals surface area (Å²) in [6, 6.07) is 0.258. The highest BCUT2D eigenvalue weighted by atomic mass is 16.2. The Morgan fingerprint density at radius 2 is 1.93 bits per heavy atom. The summed E-state index contributed by atoms with van der Waals surface area (Å²) in [4.78, 5) is 11.8. The molecule has 0 aliphatic heterocycles. The van der Waals surface area contributed by atoms with Gasteiger partial charge in [0.1, 0.15) is 0 Å². The molecule has 0 saturated carbocycles. The third-order valence-corrected chi connectivity index (χ3v) is 2.69. The van der Waals surface area contributed by atoms with Gasteiger partial charge < -0.3 is 11.1 Å². The molecule has 0 aromatic rings. The molecule has 0 spiro atoms. The summed E-state index contributed by atoms with van der Waals surface area (Å²) in [5.41, 5.74) is 5.08. The van der Waals surface area contributed by atoms with Gasteiger partial charge in [-0.1, -0.05) is 20.8 Å². The third kappa shape index (κ3) is 3.66. The van der Waals surface area contributed by atoms with Crippen molar-refractivity contribution in [3.8, 4) is 0 Å². The van der Waals surface area contributed by atoms with Crippen LogP contribution in [-0.4, -0.2) is 18.5 Å². The third-order valence-electron chi connectivity index (χ3n) is 2.69. The molecule has 14 heavy (non-hydrogen) atoms. The van der Waals surface area contributed by atoms with Crippen molar-refractivity contribution in [2.24, 2.45) is 17.1 Å². The van der Waals surface area contributed by atoms with E-state index in [9.17, 15) is 4.79 Å². The highest BCUT2D eigenvalue weighted by Crippen LogP contribution is 2.14. The molecule has 0 aromatic heterocycles. The first-order valence-electron chi connectivity index (χ1n) is 5.36. The SMILES string of the molecule is CCC(NC(=O)C(C)(C)CN)C(C)C. The second-order valence-corrected chi connectivity index (χ2v) is 4.82. The first-order chi connectivity index (χ1) is 6.35. The van der Waals surface area contributed by atoms with Gasteiger partial charge >= 0.3 is 0 Å². The number of carbonyl (C=O) groups excluding carboxylic acids is 1. The molecule has 3 heteroatoms. The van der Waals surface area contributed by atoms with Crippen LogP contribution < -0.4 is 11.1 Å². The summed E-state index contributed by atoms with van der Waals surface area (Å²) in [6.45, 7) is 10.4. The predicted molar refractivity (Wildman–Crippen MR) is 59.9 cm³/mol. The minimum absolute atomic E-state index is 0.0561. The molecule has 1 amide bonds. The Hall–Kier alpha value is -0.570. The fourth-order valence-electron chi connectivity index (χ4n) is 1.20. The van der Waals surface area contributed by atoms with Crippen LogP contribution in [0, 0.1) is 11.3 Å². The van der Waals surface area contributed by atoms with Crippen molar-refractivity contribution in [1.29, 1.82) is 0 Å². The number of carbonyl (C=O) groups is 1. The number of nitrogens with one attached hydrogen (secondary N) is 1. The van der Waals surface area contributed by atoms with Gasteiger partial charge in [0.05, 0.1) is 5.41 Å². The molecule has 84 valence electrons. The molecule has 0 aliphatic rings. The van der Waals surface area contributed by atoms with Gasteiger partial charge in [-0.15, -0.1) is 0 Å². The summed E-state index contributed by atoms with van der Waals surface area (Å²) >= 11 is 0. The van der Waals surface area contributed by atoms with Gasteiger partial charge in [0.2, 0.25) is 5.91 Å². The van der Waals surface area contributed by atoms with E-state index < -0.39 is 5.41 Å². The molecule has 0 fully saturated rings. The quantitative estimate of drug-likeness (QED) is 0.707. The Balaban J connectivity index is 4.30. The van der Waals surface area contributed by atoms with E-state index in [1.165, 1.54) is 0 Å². The van der Waals surface area contributed by atoms with Gasteiger partial charge in [0, 0.05) is 12.6 Å². The predicted octanol–water partition coefficient (Wildman–Crippen LogP) is 1.52. The monoisotopic (exact) mass is 200 g/mol. The number of amides is 1. The van der Waals surface area contributed by atoms with E-state index in [2.05, 4.69) is 26.1 Å². The van der Waals surface area contributed by atoms with Crippen molar-refractivity contribution in [2.75, 3.05) is 6.54 Å². The van der Waals surface area contributed by atoms with Crippen LogP contribution in [0.1, 0.15) is 41.0 Å². The second-order valence-electron chi connectivity index (χ2n) is 4.82. The molecule has 0 heterocycles. The first kappa shape index (κ1) is 13.4. The maximum atomic E-state index is 11.8. The molecule has 0 rings (SSSR count). The van der Waals surface area contributed by atoms with E-state index in [-0.39, 0.29) is 11.9 Å². The van der Waals surface area contributed by atoms with Gasteiger partial charge in [0.15, 0.2) is 0 Å². The molecule has 1 unspecified atom stereocenters. The molecule has 0 bridgehead atoms. The lowest BCUT2D eigenvalue weighted by Gasteiger charge is -2.27. The van der Waals surface area contributed by atoms with Crippen LogP contribution in [-0.2, 0) is 4.79 Å². The van der Waals surface area contributed by atoms with E-state index in [1.54, 1.807) is 0 Å². The molecule has 0 saturated heterocycles. The van der Waals surface area contributed by atoms with E-state index in [0.29, 0.717) is 12.5 Å².